The van der Waals surface area contributed by atoms with Crippen molar-refractivity contribution in [3.63, 3.8) is 0 Å². The Labute approximate surface area is 107 Å². The van der Waals surface area contributed by atoms with Crippen LogP contribution in [0.3, 0.4) is 0 Å². The standard InChI is InChI=1S/C13H19N5/c1-5-11-9(3)17-18(10(11)4)12-7-8-15-13(16-12)14-6-2/h7-8H,5-6H2,1-4H3,(H,14,15,16). The molecule has 96 valence electrons. The molecule has 0 aliphatic carbocycles. The van der Waals surface area contributed by atoms with Crippen molar-refractivity contribution in [2.75, 3.05) is 11.9 Å². The molecule has 0 unspecified atom stereocenters. The fourth-order valence-electron chi connectivity index (χ4n) is 2.12. The summed E-state index contributed by atoms with van der Waals surface area (Å²) in [5, 5.41) is 7.66. The van der Waals surface area contributed by atoms with Gasteiger partial charge in [-0.3, -0.25) is 0 Å². The molecule has 2 heterocycles. The lowest BCUT2D eigenvalue weighted by Gasteiger charge is -2.06. The second kappa shape index (κ2) is 5.16. The van der Waals surface area contributed by atoms with E-state index in [9.17, 15) is 0 Å². The minimum absolute atomic E-state index is 0.639. The number of nitrogens with zero attached hydrogens (tertiary/aromatic N) is 4. The number of anilines is 1. The SMILES string of the molecule is CCNc1nccc(-n2nc(C)c(CC)c2C)n1. The maximum absolute atomic E-state index is 4.55. The molecule has 5 nitrogen and oxygen atoms in total. The summed E-state index contributed by atoms with van der Waals surface area (Å²) >= 11 is 0. The molecule has 0 atom stereocenters. The van der Waals surface area contributed by atoms with Crippen molar-refractivity contribution >= 4 is 5.95 Å². The van der Waals surface area contributed by atoms with Crippen LogP contribution >= 0.6 is 0 Å². The zero-order valence-corrected chi connectivity index (χ0v) is 11.4. The maximum atomic E-state index is 4.55. The first kappa shape index (κ1) is 12.5. The number of rotatable bonds is 4. The Morgan fingerprint density at radius 3 is 2.67 bits per heavy atom. The molecule has 0 bridgehead atoms. The van der Waals surface area contributed by atoms with Gasteiger partial charge in [-0.15, -0.1) is 0 Å². The van der Waals surface area contributed by atoms with E-state index in [1.807, 2.05) is 24.6 Å². The molecule has 0 aliphatic rings. The molecule has 0 fully saturated rings. The van der Waals surface area contributed by atoms with Crippen molar-refractivity contribution in [1.29, 1.82) is 0 Å². The minimum Gasteiger partial charge on any atom is -0.354 e. The van der Waals surface area contributed by atoms with Crippen molar-refractivity contribution in [1.82, 2.24) is 19.7 Å². The van der Waals surface area contributed by atoms with Crippen LogP contribution in [0, 0.1) is 13.8 Å². The fourth-order valence-corrected chi connectivity index (χ4v) is 2.12. The summed E-state index contributed by atoms with van der Waals surface area (Å²) in [6.45, 7) is 9.09. The van der Waals surface area contributed by atoms with Crippen molar-refractivity contribution in [2.45, 2.75) is 34.1 Å². The second-order valence-corrected chi connectivity index (χ2v) is 4.18. The normalized spacial score (nSPS) is 10.7. The number of aryl methyl sites for hydroxylation is 1. The molecule has 0 radical (unpaired) electrons. The summed E-state index contributed by atoms with van der Waals surface area (Å²) in [6, 6.07) is 1.87. The van der Waals surface area contributed by atoms with E-state index < -0.39 is 0 Å². The molecule has 0 saturated heterocycles. The van der Waals surface area contributed by atoms with E-state index in [0.717, 1.165) is 30.2 Å². The molecule has 0 saturated carbocycles. The molecular formula is C13H19N5. The lowest BCUT2D eigenvalue weighted by molar-refractivity contribution is 0.800. The largest absolute Gasteiger partial charge is 0.354 e. The van der Waals surface area contributed by atoms with Crippen LogP contribution < -0.4 is 5.32 Å². The van der Waals surface area contributed by atoms with E-state index in [1.54, 1.807) is 6.20 Å². The van der Waals surface area contributed by atoms with Gasteiger partial charge in [-0.2, -0.15) is 10.1 Å². The summed E-state index contributed by atoms with van der Waals surface area (Å²) < 4.78 is 1.89. The molecule has 0 aromatic carbocycles. The van der Waals surface area contributed by atoms with Crippen molar-refractivity contribution in [2.24, 2.45) is 0 Å². The number of nitrogens with one attached hydrogen (secondary N) is 1. The van der Waals surface area contributed by atoms with Gasteiger partial charge in [0.15, 0.2) is 5.82 Å². The third-order valence-electron chi connectivity index (χ3n) is 2.99. The Balaban J connectivity index is 2.45. The molecular weight excluding hydrogens is 226 g/mol. The Morgan fingerprint density at radius 1 is 1.28 bits per heavy atom. The van der Waals surface area contributed by atoms with Crippen LogP contribution in [-0.2, 0) is 6.42 Å². The highest BCUT2D eigenvalue weighted by molar-refractivity contribution is 5.35. The van der Waals surface area contributed by atoms with Gasteiger partial charge < -0.3 is 5.32 Å². The van der Waals surface area contributed by atoms with Crippen LogP contribution in [0.4, 0.5) is 5.95 Å². The predicted octanol–water partition coefficient (Wildman–Crippen LogP) is 2.27. The number of hydrogen-bond acceptors (Lipinski definition) is 4. The average Bonchev–Trinajstić information content (AvgIpc) is 2.65. The molecule has 2 rings (SSSR count). The third kappa shape index (κ3) is 2.20. The Bertz CT molecular complexity index is 544. The molecule has 0 spiro atoms. The van der Waals surface area contributed by atoms with Crippen LogP contribution in [0.2, 0.25) is 0 Å². The van der Waals surface area contributed by atoms with Gasteiger partial charge in [-0.1, -0.05) is 6.92 Å². The molecule has 0 amide bonds. The van der Waals surface area contributed by atoms with E-state index in [-0.39, 0.29) is 0 Å². The van der Waals surface area contributed by atoms with Gasteiger partial charge in [0.25, 0.3) is 0 Å². The molecule has 18 heavy (non-hydrogen) atoms. The Morgan fingerprint density at radius 2 is 2.06 bits per heavy atom. The zero-order chi connectivity index (χ0) is 13.1. The van der Waals surface area contributed by atoms with Crippen molar-refractivity contribution < 1.29 is 0 Å². The maximum Gasteiger partial charge on any atom is 0.224 e. The van der Waals surface area contributed by atoms with Gasteiger partial charge >= 0.3 is 0 Å². The summed E-state index contributed by atoms with van der Waals surface area (Å²) in [4.78, 5) is 8.63. The fraction of sp³-hybridized carbons (Fsp3) is 0.462. The second-order valence-electron chi connectivity index (χ2n) is 4.18. The molecule has 0 aliphatic heterocycles. The van der Waals surface area contributed by atoms with Gasteiger partial charge in [0.05, 0.1) is 5.69 Å². The first-order valence-corrected chi connectivity index (χ1v) is 6.29. The summed E-state index contributed by atoms with van der Waals surface area (Å²) in [5.41, 5.74) is 3.51. The first-order valence-electron chi connectivity index (χ1n) is 6.29. The van der Waals surface area contributed by atoms with E-state index in [0.29, 0.717) is 5.95 Å². The summed E-state index contributed by atoms with van der Waals surface area (Å²) in [7, 11) is 0. The number of aromatic nitrogens is 4. The van der Waals surface area contributed by atoms with Crippen LogP contribution in [0.5, 0.6) is 0 Å². The van der Waals surface area contributed by atoms with Crippen LogP contribution in [-0.4, -0.2) is 26.3 Å². The predicted molar refractivity (Wildman–Crippen MR) is 72.2 cm³/mol. The molecule has 2 aromatic rings. The van der Waals surface area contributed by atoms with E-state index >= 15 is 0 Å². The van der Waals surface area contributed by atoms with Crippen molar-refractivity contribution in [3.8, 4) is 5.82 Å². The minimum atomic E-state index is 0.639. The van der Waals surface area contributed by atoms with Gasteiger partial charge in [0.1, 0.15) is 0 Å². The van der Waals surface area contributed by atoms with Crippen LogP contribution in [0.25, 0.3) is 5.82 Å². The zero-order valence-electron chi connectivity index (χ0n) is 11.4. The van der Waals surface area contributed by atoms with Gasteiger partial charge in [0.2, 0.25) is 5.95 Å². The lowest BCUT2D eigenvalue weighted by atomic mass is 10.1. The highest BCUT2D eigenvalue weighted by atomic mass is 15.3. The average molecular weight is 245 g/mol. The highest BCUT2D eigenvalue weighted by Gasteiger charge is 2.12. The summed E-state index contributed by atoms with van der Waals surface area (Å²) in [5.74, 6) is 1.45. The van der Waals surface area contributed by atoms with E-state index in [1.165, 1.54) is 5.56 Å². The molecule has 1 N–H and O–H groups in total. The van der Waals surface area contributed by atoms with Gasteiger partial charge in [-0.05, 0) is 32.8 Å². The van der Waals surface area contributed by atoms with Crippen molar-refractivity contribution in [3.05, 3.63) is 29.2 Å². The highest BCUT2D eigenvalue weighted by Crippen LogP contribution is 2.17. The smallest absolute Gasteiger partial charge is 0.224 e. The molecule has 2 aromatic heterocycles. The van der Waals surface area contributed by atoms with Gasteiger partial charge in [-0.25, -0.2) is 9.67 Å². The van der Waals surface area contributed by atoms with Crippen LogP contribution in [0.15, 0.2) is 12.3 Å². The topological polar surface area (TPSA) is 55.6 Å². The Hall–Kier alpha value is -1.91. The third-order valence-corrected chi connectivity index (χ3v) is 2.99. The Kier molecular flexibility index (Phi) is 3.60. The summed E-state index contributed by atoms with van der Waals surface area (Å²) in [6.07, 6.45) is 2.74. The van der Waals surface area contributed by atoms with Gasteiger partial charge in [0, 0.05) is 24.5 Å². The van der Waals surface area contributed by atoms with E-state index in [2.05, 4.69) is 34.2 Å². The quantitative estimate of drug-likeness (QED) is 0.897. The van der Waals surface area contributed by atoms with E-state index in [4.69, 9.17) is 0 Å². The lowest BCUT2D eigenvalue weighted by Crippen LogP contribution is -2.07. The first-order chi connectivity index (χ1) is 8.67. The van der Waals surface area contributed by atoms with Crippen LogP contribution in [0.1, 0.15) is 30.8 Å². The molecule has 5 heteroatoms. The number of hydrogen-bond donors (Lipinski definition) is 1. The monoisotopic (exact) mass is 245 g/mol.